The van der Waals surface area contributed by atoms with Crippen LogP contribution in [0.5, 0.6) is 0 Å². The third-order valence-corrected chi connectivity index (χ3v) is 15.9. The summed E-state index contributed by atoms with van der Waals surface area (Å²) in [4.78, 5) is 85.4. The number of methoxy groups -OCH3 is 3. The van der Waals surface area contributed by atoms with Gasteiger partial charge in [0.1, 0.15) is 41.7 Å². The number of carbonyl (C=O) groups excluding carboxylic acids is 6. The quantitative estimate of drug-likeness (QED) is 0.116. The predicted molar refractivity (Wildman–Crippen MR) is 271 cm³/mol. The Labute approximate surface area is 433 Å². The molecule has 0 aromatic rings. The zero-order valence-corrected chi connectivity index (χ0v) is 45.3. The van der Waals surface area contributed by atoms with E-state index in [4.69, 9.17) is 28.4 Å². The van der Waals surface area contributed by atoms with Crippen molar-refractivity contribution in [3.63, 3.8) is 0 Å². The SMILES string of the molecule is CO[C@H]1C[C@@H]2CC[C@@H](C)[C@@](O)(O2)C(=O)C(=O)N2CCCC[C@H]2C(=O)O[C@H]([C@H](C)C[C@@H]2CC[C@@H](OC(=O)C(C)(CO)CO)[C@H](OC)C2)CC(=O)[C@H](C)/C=C(\C)[C@@H](O)[C@@H](OC)C(=O)[C@H](C)C[C@H](C)\C=C/C=C\C=C/1C. The van der Waals surface area contributed by atoms with Gasteiger partial charge in [-0.1, -0.05) is 71.1 Å². The minimum Gasteiger partial charge on any atom is -0.460 e. The maximum atomic E-state index is 14.5. The number of allylic oxidation sites excluding steroid dienone is 6. The van der Waals surface area contributed by atoms with Crippen LogP contribution in [-0.2, 0) is 57.2 Å². The van der Waals surface area contributed by atoms with Gasteiger partial charge < -0.3 is 53.7 Å². The van der Waals surface area contributed by atoms with Crippen LogP contribution in [0.2, 0.25) is 0 Å². The number of nitrogens with zero attached hydrogens (tertiary/aromatic N) is 1. The van der Waals surface area contributed by atoms with E-state index in [0.29, 0.717) is 69.8 Å². The maximum absolute atomic E-state index is 14.5. The third kappa shape index (κ3) is 16.0. The largest absolute Gasteiger partial charge is 0.460 e. The number of fused-ring (bicyclic) bond motifs is 3. The first-order valence-electron chi connectivity index (χ1n) is 26.4. The predicted octanol–water partition coefficient (Wildman–Crippen LogP) is 5.72. The molecule has 412 valence electrons. The molecule has 4 rings (SSSR count). The van der Waals surface area contributed by atoms with Gasteiger partial charge in [-0.15, -0.1) is 0 Å². The molecule has 4 aliphatic rings. The van der Waals surface area contributed by atoms with Crippen LogP contribution in [0, 0.1) is 40.9 Å². The molecule has 3 aliphatic heterocycles. The van der Waals surface area contributed by atoms with E-state index < -0.39 is 120 Å². The molecule has 0 aromatic heterocycles. The zero-order chi connectivity index (χ0) is 54.4. The molecule has 0 unspecified atom stereocenters. The number of esters is 2. The molecule has 1 aliphatic carbocycles. The lowest BCUT2D eigenvalue weighted by molar-refractivity contribution is -0.265. The van der Waals surface area contributed by atoms with E-state index in [-0.39, 0.29) is 42.8 Å². The highest BCUT2D eigenvalue weighted by molar-refractivity contribution is 6.39. The first-order valence-corrected chi connectivity index (χ1v) is 26.4. The Morgan fingerprint density at radius 1 is 0.863 bits per heavy atom. The van der Waals surface area contributed by atoms with Crippen LogP contribution in [0.4, 0.5) is 0 Å². The Hall–Kier alpha value is -3.94. The average Bonchev–Trinajstić information content (AvgIpc) is 3.37. The van der Waals surface area contributed by atoms with E-state index in [1.54, 1.807) is 40.9 Å². The van der Waals surface area contributed by atoms with Crippen LogP contribution in [0.1, 0.15) is 132 Å². The van der Waals surface area contributed by atoms with Crippen LogP contribution >= 0.6 is 0 Å². The molecule has 17 nitrogen and oxygen atoms in total. The molecular weight excluding hydrogens is 943 g/mol. The van der Waals surface area contributed by atoms with Gasteiger partial charge >= 0.3 is 11.9 Å². The van der Waals surface area contributed by atoms with Gasteiger partial charge in [0.25, 0.3) is 11.7 Å². The lowest BCUT2D eigenvalue weighted by atomic mass is 9.78. The second-order valence-electron chi connectivity index (χ2n) is 21.8. The summed E-state index contributed by atoms with van der Waals surface area (Å²) in [6.07, 6.45) is 9.76. The standard InChI is InChI=1S/C56H87NO16/c1-33-17-13-12-14-18-34(2)45(68-9)29-41-22-20-39(7)56(67,73-41)51(63)52(64)57-24-16-15-19-42(57)53(65)71-46(30-43(60)35(3)26-38(6)49(62)50(70-11)48(61)37(5)25-33)36(4)27-40-21-23-44(47(28-40)69-10)72-54(66)55(8,31-58)32-59/h12-14,17-18,26,33,35-37,39-42,44-47,49-50,58-59,62,67H,15-16,19-25,27-32H2,1-11H3/b14-12-,17-13-,34-18-,38-26+/t33-,35-,36-,37-,39-,40+,41+,42+,44-,45+,46+,47-,49-,50+,56-/m1/s1. The Bertz CT molecular complexity index is 2010. The number of ketones is 3. The molecule has 1 amide bonds. The molecule has 15 atom stereocenters. The minimum absolute atomic E-state index is 0.00697. The summed E-state index contributed by atoms with van der Waals surface area (Å²) in [5.41, 5.74) is -0.277. The number of carbonyl (C=O) groups is 6. The van der Waals surface area contributed by atoms with E-state index >= 15 is 0 Å². The van der Waals surface area contributed by atoms with Crippen molar-refractivity contribution in [1.82, 2.24) is 4.90 Å². The molecular formula is C56H87NO16. The average molecular weight is 1030 g/mol. The van der Waals surface area contributed by atoms with Gasteiger partial charge in [-0.25, -0.2) is 4.79 Å². The Kier molecular flexibility index (Phi) is 23.9. The van der Waals surface area contributed by atoms with Crippen molar-refractivity contribution in [2.24, 2.45) is 40.9 Å². The molecule has 0 spiro atoms. The molecule has 1 saturated carbocycles. The molecule has 0 aromatic carbocycles. The second kappa shape index (κ2) is 28.3. The first-order chi connectivity index (χ1) is 34.5. The molecule has 17 heteroatoms. The van der Waals surface area contributed by atoms with Gasteiger partial charge in [-0.05, 0) is 114 Å². The topological polar surface area (TPSA) is 242 Å². The maximum Gasteiger partial charge on any atom is 0.329 e. The van der Waals surface area contributed by atoms with Gasteiger partial charge in [0, 0.05) is 58.5 Å². The highest BCUT2D eigenvalue weighted by Gasteiger charge is 2.53. The summed E-state index contributed by atoms with van der Waals surface area (Å²) >= 11 is 0. The van der Waals surface area contributed by atoms with Gasteiger partial charge in [-0.2, -0.15) is 0 Å². The fourth-order valence-corrected chi connectivity index (χ4v) is 10.7. The van der Waals surface area contributed by atoms with E-state index in [1.165, 1.54) is 21.1 Å². The number of ether oxygens (including phenoxy) is 6. The van der Waals surface area contributed by atoms with E-state index in [1.807, 2.05) is 51.2 Å². The van der Waals surface area contributed by atoms with Gasteiger partial charge in [-0.3, -0.25) is 24.0 Å². The summed E-state index contributed by atoms with van der Waals surface area (Å²) in [5.74, 6) is -9.36. The number of hydrogen-bond donors (Lipinski definition) is 4. The van der Waals surface area contributed by atoms with Crippen molar-refractivity contribution in [1.29, 1.82) is 0 Å². The number of cyclic esters (lactones) is 1. The fraction of sp³-hybridized carbons (Fsp3) is 0.750. The Balaban J connectivity index is 1.69. The van der Waals surface area contributed by atoms with Gasteiger partial charge in [0.2, 0.25) is 5.79 Å². The van der Waals surface area contributed by atoms with E-state index in [0.717, 1.165) is 10.5 Å². The summed E-state index contributed by atoms with van der Waals surface area (Å²) in [5, 5.41) is 43.1. The lowest BCUT2D eigenvalue weighted by Crippen LogP contribution is -2.61. The molecule has 4 N–H and O–H groups in total. The molecule has 2 saturated heterocycles. The lowest BCUT2D eigenvalue weighted by Gasteiger charge is -2.42. The number of Topliss-reactive ketones (excluding diaryl/α,β-unsaturated/α-hetero) is 3. The van der Waals surface area contributed by atoms with Gasteiger partial charge in [0.15, 0.2) is 5.78 Å². The van der Waals surface area contributed by atoms with Crippen molar-refractivity contribution in [3.05, 3.63) is 47.6 Å². The monoisotopic (exact) mass is 1030 g/mol. The number of hydrogen-bond acceptors (Lipinski definition) is 16. The summed E-state index contributed by atoms with van der Waals surface area (Å²) in [6, 6.07) is -1.20. The van der Waals surface area contributed by atoms with Crippen LogP contribution in [-0.4, -0.2) is 156 Å². The zero-order valence-electron chi connectivity index (χ0n) is 45.3. The third-order valence-electron chi connectivity index (χ3n) is 15.9. The summed E-state index contributed by atoms with van der Waals surface area (Å²) in [6.45, 7) is 12.7. The number of rotatable bonds is 10. The summed E-state index contributed by atoms with van der Waals surface area (Å²) in [7, 11) is 4.43. The van der Waals surface area contributed by atoms with E-state index in [9.17, 15) is 49.2 Å². The number of amides is 1. The van der Waals surface area contributed by atoms with Crippen LogP contribution < -0.4 is 0 Å². The van der Waals surface area contributed by atoms with Crippen molar-refractivity contribution in [3.8, 4) is 0 Å². The molecule has 73 heavy (non-hydrogen) atoms. The first kappa shape index (κ1) is 61.6. The van der Waals surface area contributed by atoms with Crippen LogP contribution in [0.3, 0.4) is 0 Å². The van der Waals surface area contributed by atoms with Crippen molar-refractivity contribution < 1.29 is 77.6 Å². The molecule has 3 fully saturated rings. The highest BCUT2D eigenvalue weighted by atomic mass is 16.6. The van der Waals surface area contributed by atoms with Crippen molar-refractivity contribution in [2.45, 2.75) is 187 Å². The smallest absolute Gasteiger partial charge is 0.329 e. The Morgan fingerprint density at radius 2 is 1.56 bits per heavy atom. The fourth-order valence-electron chi connectivity index (χ4n) is 10.7. The van der Waals surface area contributed by atoms with Crippen LogP contribution in [0.25, 0.3) is 0 Å². The highest BCUT2D eigenvalue weighted by Crippen LogP contribution is 2.38. The molecule has 0 radical (unpaired) electrons. The minimum atomic E-state index is -2.47. The van der Waals surface area contributed by atoms with Crippen molar-refractivity contribution in [2.75, 3.05) is 41.1 Å². The second-order valence-corrected chi connectivity index (χ2v) is 21.8. The number of aliphatic hydroxyl groups excluding tert-OH is 3. The van der Waals surface area contributed by atoms with Crippen molar-refractivity contribution >= 4 is 35.2 Å². The van der Waals surface area contributed by atoms with E-state index in [2.05, 4.69) is 0 Å². The Morgan fingerprint density at radius 3 is 2.21 bits per heavy atom. The summed E-state index contributed by atoms with van der Waals surface area (Å²) < 4.78 is 35.4. The van der Waals surface area contributed by atoms with Crippen LogP contribution in [0.15, 0.2) is 47.6 Å². The normalized spacial score (nSPS) is 37.4. The number of piperidine rings is 1. The molecule has 3 heterocycles. The molecule has 2 bridgehead atoms. The number of aliphatic hydroxyl groups is 4. The van der Waals surface area contributed by atoms with Gasteiger partial charge in [0.05, 0.1) is 31.5 Å².